The van der Waals surface area contributed by atoms with Crippen LogP contribution in [0.4, 0.5) is 0 Å². The quantitative estimate of drug-likeness (QED) is 0.895. The minimum absolute atomic E-state index is 0.0731. The maximum atomic E-state index is 10.7. The molecule has 5 nitrogen and oxygen atoms in total. The molecule has 0 aliphatic rings. The predicted molar refractivity (Wildman–Crippen MR) is 65.7 cm³/mol. The number of methoxy groups -OCH3 is 1. The largest absolute Gasteiger partial charge is 0.496 e. The first-order valence-electron chi connectivity index (χ1n) is 5.32. The Morgan fingerprint density at radius 2 is 1.94 bits per heavy atom. The van der Waals surface area contributed by atoms with Crippen molar-refractivity contribution in [2.45, 2.75) is 6.92 Å². The first kappa shape index (κ1) is 12.0. The van der Waals surface area contributed by atoms with Crippen molar-refractivity contribution in [1.82, 2.24) is 9.97 Å². The summed E-state index contributed by atoms with van der Waals surface area (Å²) >= 11 is 0. The van der Waals surface area contributed by atoms with E-state index in [2.05, 4.69) is 9.97 Å². The monoisotopic (exact) mass is 244 g/mol. The Bertz CT molecular complexity index is 579. The van der Waals surface area contributed by atoms with Gasteiger partial charge >= 0.3 is 5.97 Å². The maximum absolute atomic E-state index is 10.7. The van der Waals surface area contributed by atoms with Gasteiger partial charge < -0.3 is 9.84 Å². The molecule has 92 valence electrons. The molecule has 1 heterocycles. The third kappa shape index (κ3) is 2.29. The normalized spacial score (nSPS) is 10.1. The van der Waals surface area contributed by atoms with E-state index in [9.17, 15) is 4.79 Å². The summed E-state index contributed by atoms with van der Waals surface area (Å²) in [6.45, 7) is 1.92. The van der Waals surface area contributed by atoms with Gasteiger partial charge in [-0.25, -0.2) is 14.8 Å². The molecule has 0 fully saturated rings. The molecule has 0 aliphatic carbocycles. The molecule has 1 aromatic carbocycles. The molecular formula is C13H12N2O3. The van der Waals surface area contributed by atoms with E-state index in [1.54, 1.807) is 7.11 Å². The SMILES string of the molecule is COc1ccc(-c2ncc(C(=O)O)cn2)cc1C. The lowest BCUT2D eigenvalue weighted by Crippen LogP contribution is -1.99. The zero-order chi connectivity index (χ0) is 13.1. The van der Waals surface area contributed by atoms with Crippen LogP contribution in [-0.4, -0.2) is 28.2 Å². The average molecular weight is 244 g/mol. The van der Waals surface area contributed by atoms with Gasteiger partial charge in [-0.2, -0.15) is 0 Å². The molecule has 0 radical (unpaired) electrons. The number of nitrogens with zero attached hydrogens (tertiary/aromatic N) is 2. The van der Waals surface area contributed by atoms with Crippen LogP contribution in [0.3, 0.4) is 0 Å². The summed E-state index contributed by atoms with van der Waals surface area (Å²) in [4.78, 5) is 18.8. The number of aryl methyl sites for hydroxylation is 1. The van der Waals surface area contributed by atoms with E-state index in [1.165, 1.54) is 12.4 Å². The van der Waals surface area contributed by atoms with Crippen molar-refractivity contribution in [3.05, 3.63) is 41.7 Å². The number of hydrogen-bond acceptors (Lipinski definition) is 4. The van der Waals surface area contributed by atoms with Gasteiger partial charge in [0.1, 0.15) is 5.75 Å². The van der Waals surface area contributed by atoms with Gasteiger partial charge in [0.2, 0.25) is 0 Å². The highest BCUT2D eigenvalue weighted by molar-refractivity contribution is 5.86. The summed E-state index contributed by atoms with van der Waals surface area (Å²) < 4.78 is 5.17. The van der Waals surface area contributed by atoms with Crippen LogP contribution in [-0.2, 0) is 0 Å². The van der Waals surface area contributed by atoms with Crippen molar-refractivity contribution < 1.29 is 14.6 Å². The first-order valence-corrected chi connectivity index (χ1v) is 5.32. The maximum Gasteiger partial charge on any atom is 0.338 e. The summed E-state index contributed by atoms with van der Waals surface area (Å²) in [6.07, 6.45) is 2.59. The van der Waals surface area contributed by atoms with Crippen LogP contribution in [0.5, 0.6) is 5.75 Å². The zero-order valence-electron chi connectivity index (χ0n) is 10.0. The van der Waals surface area contributed by atoms with Crippen molar-refractivity contribution in [3.8, 4) is 17.1 Å². The highest BCUT2D eigenvalue weighted by Gasteiger charge is 2.07. The van der Waals surface area contributed by atoms with E-state index in [0.29, 0.717) is 5.82 Å². The lowest BCUT2D eigenvalue weighted by atomic mass is 10.1. The Morgan fingerprint density at radius 3 is 2.44 bits per heavy atom. The van der Waals surface area contributed by atoms with E-state index in [4.69, 9.17) is 9.84 Å². The van der Waals surface area contributed by atoms with Gasteiger partial charge in [-0.1, -0.05) is 0 Å². The van der Waals surface area contributed by atoms with Crippen LogP contribution in [0.2, 0.25) is 0 Å². The van der Waals surface area contributed by atoms with Gasteiger partial charge in [0.05, 0.1) is 12.7 Å². The van der Waals surface area contributed by atoms with Crippen LogP contribution in [0.1, 0.15) is 15.9 Å². The lowest BCUT2D eigenvalue weighted by molar-refractivity contribution is 0.0696. The average Bonchev–Trinajstić information content (AvgIpc) is 2.38. The minimum atomic E-state index is -1.03. The van der Waals surface area contributed by atoms with E-state index >= 15 is 0 Å². The van der Waals surface area contributed by atoms with E-state index in [0.717, 1.165) is 16.9 Å². The van der Waals surface area contributed by atoms with Crippen molar-refractivity contribution in [2.75, 3.05) is 7.11 Å². The predicted octanol–water partition coefficient (Wildman–Crippen LogP) is 2.16. The smallest absolute Gasteiger partial charge is 0.338 e. The second kappa shape index (κ2) is 4.83. The molecule has 0 spiro atoms. The topological polar surface area (TPSA) is 72.3 Å². The van der Waals surface area contributed by atoms with Crippen molar-refractivity contribution >= 4 is 5.97 Å². The van der Waals surface area contributed by atoms with Gasteiger partial charge in [0.25, 0.3) is 0 Å². The Labute approximate surface area is 104 Å². The van der Waals surface area contributed by atoms with E-state index < -0.39 is 5.97 Å². The molecule has 0 saturated heterocycles. The summed E-state index contributed by atoms with van der Waals surface area (Å²) in [5.74, 6) is 0.249. The molecule has 0 amide bonds. The van der Waals surface area contributed by atoms with Gasteiger partial charge in [-0.05, 0) is 30.7 Å². The van der Waals surface area contributed by atoms with Gasteiger partial charge in [0.15, 0.2) is 5.82 Å². The summed E-state index contributed by atoms with van der Waals surface area (Å²) in [7, 11) is 1.61. The molecule has 1 aromatic heterocycles. The Balaban J connectivity index is 2.36. The third-order valence-corrected chi connectivity index (χ3v) is 2.55. The van der Waals surface area contributed by atoms with Crippen molar-refractivity contribution in [2.24, 2.45) is 0 Å². The number of aromatic nitrogens is 2. The Hall–Kier alpha value is -2.43. The number of rotatable bonds is 3. The second-order valence-electron chi connectivity index (χ2n) is 3.78. The molecule has 1 N–H and O–H groups in total. The fourth-order valence-corrected chi connectivity index (χ4v) is 1.61. The Morgan fingerprint density at radius 1 is 1.28 bits per heavy atom. The Kier molecular flexibility index (Phi) is 3.23. The number of carbonyl (C=O) groups is 1. The van der Waals surface area contributed by atoms with Gasteiger partial charge in [-0.3, -0.25) is 0 Å². The number of ether oxygens (including phenoxy) is 1. The fourth-order valence-electron chi connectivity index (χ4n) is 1.61. The number of benzene rings is 1. The minimum Gasteiger partial charge on any atom is -0.496 e. The lowest BCUT2D eigenvalue weighted by Gasteiger charge is -2.06. The number of hydrogen-bond donors (Lipinski definition) is 1. The van der Waals surface area contributed by atoms with Gasteiger partial charge in [-0.15, -0.1) is 0 Å². The van der Waals surface area contributed by atoms with Crippen molar-refractivity contribution in [3.63, 3.8) is 0 Å². The van der Waals surface area contributed by atoms with Crippen LogP contribution >= 0.6 is 0 Å². The summed E-state index contributed by atoms with van der Waals surface area (Å²) in [5.41, 5.74) is 1.87. The fraction of sp³-hybridized carbons (Fsp3) is 0.154. The highest BCUT2D eigenvalue weighted by Crippen LogP contribution is 2.23. The molecule has 5 heteroatoms. The van der Waals surface area contributed by atoms with Crippen LogP contribution < -0.4 is 4.74 Å². The molecule has 0 saturated carbocycles. The molecule has 0 bridgehead atoms. The molecule has 2 rings (SSSR count). The van der Waals surface area contributed by atoms with E-state index in [1.807, 2.05) is 25.1 Å². The van der Waals surface area contributed by atoms with Crippen LogP contribution in [0, 0.1) is 6.92 Å². The number of carboxylic acid groups (broad SMARTS) is 1. The number of carboxylic acids is 1. The van der Waals surface area contributed by atoms with E-state index in [-0.39, 0.29) is 5.56 Å². The molecule has 0 unspecified atom stereocenters. The summed E-state index contributed by atoms with van der Waals surface area (Å²) in [6, 6.07) is 5.56. The highest BCUT2D eigenvalue weighted by atomic mass is 16.5. The second-order valence-corrected chi connectivity index (χ2v) is 3.78. The molecule has 18 heavy (non-hydrogen) atoms. The first-order chi connectivity index (χ1) is 8.61. The number of aromatic carboxylic acids is 1. The molecule has 0 atom stereocenters. The van der Waals surface area contributed by atoms with Crippen molar-refractivity contribution in [1.29, 1.82) is 0 Å². The van der Waals surface area contributed by atoms with Crippen LogP contribution in [0.25, 0.3) is 11.4 Å². The molecular weight excluding hydrogens is 232 g/mol. The zero-order valence-corrected chi connectivity index (χ0v) is 10.0. The van der Waals surface area contributed by atoms with Crippen LogP contribution in [0.15, 0.2) is 30.6 Å². The molecule has 2 aromatic rings. The van der Waals surface area contributed by atoms with Gasteiger partial charge in [0, 0.05) is 18.0 Å². The molecule has 0 aliphatic heterocycles. The third-order valence-electron chi connectivity index (χ3n) is 2.55. The standard InChI is InChI=1S/C13H12N2O3/c1-8-5-9(3-4-11(8)18-2)12-14-6-10(7-15-12)13(16)17/h3-7H,1-2H3,(H,16,17). The summed E-state index contributed by atoms with van der Waals surface area (Å²) in [5, 5.41) is 8.76.